The molecular formula is C13H14N2O2. The monoisotopic (exact) mass is 230 g/mol. The number of nitroso groups, excluding NO2 is 1. The lowest BCUT2D eigenvalue weighted by Crippen LogP contribution is -2.14. The van der Waals surface area contributed by atoms with Crippen LogP contribution in [-0.2, 0) is 0 Å². The first-order chi connectivity index (χ1) is 8.31. The lowest BCUT2D eigenvalue weighted by Gasteiger charge is -2.03. The van der Waals surface area contributed by atoms with Crippen molar-refractivity contribution >= 4 is 11.6 Å². The SMILES string of the molecule is O=Nc1ccc(C(=O)N2C3CCCCC32)cc1. The zero-order valence-corrected chi connectivity index (χ0v) is 9.50. The fraction of sp³-hybridized carbons (Fsp3) is 0.462. The molecule has 88 valence electrons. The highest BCUT2D eigenvalue weighted by molar-refractivity contribution is 5.96. The highest BCUT2D eigenvalue weighted by Crippen LogP contribution is 2.41. The van der Waals surface area contributed by atoms with Crippen LogP contribution in [0.3, 0.4) is 0 Å². The van der Waals surface area contributed by atoms with Crippen LogP contribution in [0, 0.1) is 4.91 Å². The number of rotatable bonds is 2. The Morgan fingerprint density at radius 1 is 1.12 bits per heavy atom. The van der Waals surface area contributed by atoms with Gasteiger partial charge in [0.15, 0.2) is 0 Å². The molecule has 1 saturated carbocycles. The number of carbonyl (C=O) groups excluding carboxylic acids is 1. The van der Waals surface area contributed by atoms with Gasteiger partial charge in [0.2, 0.25) is 0 Å². The van der Waals surface area contributed by atoms with Crippen LogP contribution in [0.4, 0.5) is 5.69 Å². The summed E-state index contributed by atoms with van der Waals surface area (Å²) >= 11 is 0. The van der Waals surface area contributed by atoms with Gasteiger partial charge in [0.1, 0.15) is 5.69 Å². The minimum atomic E-state index is 0.0966. The molecule has 1 aromatic carbocycles. The third kappa shape index (κ3) is 1.73. The van der Waals surface area contributed by atoms with Gasteiger partial charge in [-0.25, -0.2) is 0 Å². The third-order valence-corrected chi connectivity index (χ3v) is 3.77. The Morgan fingerprint density at radius 3 is 2.24 bits per heavy atom. The van der Waals surface area contributed by atoms with Crippen LogP contribution >= 0.6 is 0 Å². The Morgan fingerprint density at radius 2 is 1.71 bits per heavy atom. The smallest absolute Gasteiger partial charge is 0.254 e. The summed E-state index contributed by atoms with van der Waals surface area (Å²) in [5.74, 6) is 0.0966. The summed E-state index contributed by atoms with van der Waals surface area (Å²) in [6.45, 7) is 0. The van der Waals surface area contributed by atoms with Gasteiger partial charge in [-0.15, -0.1) is 4.91 Å². The molecule has 1 aliphatic carbocycles. The number of benzene rings is 1. The normalized spacial score (nSPS) is 26.2. The maximum absolute atomic E-state index is 12.2. The molecule has 1 amide bonds. The van der Waals surface area contributed by atoms with Crippen molar-refractivity contribution in [2.45, 2.75) is 37.8 Å². The second kappa shape index (κ2) is 3.95. The lowest BCUT2D eigenvalue weighted by atomic mass is 10.0. The second-order valence-electron chi connectivity index (χ2n) is 4.77. The molecule has 1 aliphatic heterocycles. The molecule has 0 spiro atoms. The molecule has 0 bridgehead atoms. The summed E-state index contributed by atoms with van der Waals surface area (Å²) < 4.78 is 0. The number of hydrogen-bond acceptors (Lipinski definition) is 3. The van der Waals surface area contributed by atoms with E-state index in [1.165, 1.54) is 12.8 Å². The number of likely N-dealkylation sites (tertiary alicyclic amines) is 1. The molecule has 1 aromatic rings. The predicted molar refractivity (Wildman–Crippen MR) is 64.1 cm³/mol. The molecular weight excluding hydrogens is 216 g/mol. The van der Waals surface area contributed by atoms with E-state index in [1.54, 1.807) is 24.3 Å². The predicted octanol–water partition coefficient (Wildman–Crippen LogP) is 2.85. The van der Waals surface area contributed by atoms with Crippen molar-refractivity contribution in [3.8, 4) is 0 Å². The summed E-state index contributed by atoms with van der Waals surface area (Å²) in [6.07, 6.45) is 4.76. The van der Waals surface area contributed by atoms with Crippen molar-refractivity contribution in [3.05, 3.63) is 34.7 Å². The van der Waals surface area contributed by atoms with E-state index in [0.717, 1.165) is 12.8 Å². The van der Waals surface area contributed by atoms with Crippen LogP contribution in [0.5, 0.6) is 0 Å². The van der Waals surface area contributed by atoms with E-state index in [1.807, 2.05) is 4.90 Å². The van der Waals surface area contributed by atoms with Crippen LogP contribution in [0.1, 0.15) is 36.0 Å². The van der Waals surface area contributed by atoms with Crippen molar-refractivity contribution in [1.82, 2.24) is 4.90 Å². The number of hydrogen-bond donors (Lipinski definition) is 0. The van der Waals surface area contributed by atoms with Gasteiger partial charge in [-0.3, -0.25) is 4.79 Å². The Labute approximate surface area is 99.6 Å². The maximum Gasteiger partial charge on any atom is 0.254 e. The average Bonchev–Trinajstić information content (AvgIpc) is 3.12. The Kier molecular flexibility index (Phi) is 2.42. The Hall–Kier alpha value is -1.71. The molecule has 0 N–H and O–H groups in total. The third-order valence-electron chi connectivity index (χ3n) is 3.77. The van der Waals surface area contributed by atoms with Gasteiger partial charge in [-0.1, -0.05) is 12.8 Å². The molecule has 4 heteroatoms. The largest absolute Gasteiger partial charge is 0.329 e. The van der Waals surface area contributed by atoms with E-state index in [9.17, 15) is 9.70 Å². The van der Waals surface area contributed by atoms with Crippen LogP contribution in [0.2, 0.25) is 0 Å². The summed E-state index contributed by atoms with van der Waals surface area (Å²) in [5.41, 5.74) is 1.02. The van der Waals surface area contributed by atoms with Gasteiger partial charge in [0, 0.05) is 5.56 Å². The first kappa shape index (κ1) is 10.4. The van der Waals surface area contributed by atoms with E-state index < -0.39 is 0 Å². The first-order valence-corrected chi connectivity index (χ1v) is 6.07. The molecule has 0 radical (unpaired) electrons. The molecule has 0 aromatic heterocycles. The Bertz CT molecular complexity index is 443. The summed E-state index contributed by atoms with van der Waals surface area (Å²) in [5, 5.41) is 2.83. The van der Waals surface area contributed by atoms with Gasteiger partial charge in [0.05, 0.1) is 12.1 Å². The highest BCUT2D eigenvalue weighted by atomic mass is 16.3. The van der Waals surface area contributed by atoms with E-state index in [-0.39, 0.29) is 5.91 Å². The minimum absolute atomic E-state index is 0.0966. The van der Waals surface area contributed by atoms with Crippen LogP contribution in [-0.4, -0.2) is 22.9 Å². The van der Waals surface area contributed by atoms with Gasteiger partial charge in [0.25, 0.3) is 5.91 Å². The first-order valence-electron chi connectivity index (χ1n) is 6.07. The van der Waals surface area contributed by atoms with Crippen LogP contribution in [0.25, 0.3) is 0 Å². The molecule has 1 saturated heterocycles. The molecule has 2 fully saturated rings. The number of nitrogens with zero attached hydrogens (tertiary/aromatic N) is 2. The minimum Gasteiger partial charge on any atom is -0.329 e. The van der Waals surface area contributed by atoms with E-state index in [0.29, 0.717) is 23.3 Å². The van der Waals surface area contributed by atoms with Gasteiger partial charge in [-0.05, 0) is 42.3 Å². The molecule has 17 heavy (non-hydrogen) atoms. The molecule has 2 aliphatic rings. The van der Waals surface area contributed by atoms with Crippen molar-refractivity contribution in [3.63, 3.8) is 0 Å². The van der Waals surface area contributed by atoms with Gasteiger partial charge in [-0.2, -0.15) is 0 Å². The second-order valence-corrected chi connectivity index (χ2v) is 4.77. The highest BCUT2D eigenvalue weighted by Gasteiger charge is 2.51. The zero-order valence-electron chi connectivity index (χ0n) is 9.50. The summed E-state index contributed by atoms with van der Waals surface area (Å²) in [6, 6.07) is 7.49. The van der Waals surface area contributed by atoms with Crippen LogP contribution in [0.15, 0.2) is 29.4 Å². The fourth-order valence-electron chi connectivity index (χ4n) is 2.82. The lowest BCUT2D eigenvalue weighted by molar-refractivity contribution is 0.0865. The Balaban J connectivity index is 1.75. The molecule has 4 nitrogen and oxygen atoms in total. The topological polar surface area (TPSA) is 49.5 Å². The van der Waals surface area contributed by atoms with E-state index >= 15 is 0 Å². The van der Waals surface area contributed by atoms with Crippen molar-refractivity contribution < 1.29 is 4.79 Å². The molecule has 3 rings (SSSR count). The van der Waals surface area contributed by atoms with Crippen molar-refractivity contribution in [2.75, 3.05) is 0 Å². The zero-order chi connectivity index (χ0) is 11.8. The molecule has 2 unspecified atom stereocenters. The molecule has 2 atom stereocenters. The van der Waals surface area contributed by atoms with Gasteiger partial charge >= 0.3 is 0 Å². The van der Waals surface area contributed by atoms with E-state index in [2.05, 4.69) is 5.18 Å². The van der Waals surface area contributed by atoms with Crippen molar-refractivity contribution in [1.29, 1.82) is 0 Å². The number of fused-ring (bicyclic) bond motifs is 1. The quantitative estimate of drug-likeness (QED) is 0.579. The average molecular weight is 230 g/mol. The van der Waals surface area contributed by atoms with Crippen molar-refractivity contribution in [2.24, 2.45) is 5.18 Å². The fourth-order valence-corrected chi connectivity index (χ4v) is 2.82. The summed E-state index contributed by atoms with van der Waals surface area (Å²) in [7, 11) is 0. The number of amides is 1. The van der Waals surface area contributed by atoms with E-state index in [4.69, 9.17) is 0 Å². The summed E-state index contributed by atoms with van der Waals surface area (Å²) in [4.78, 5) is 24.5. The maximum atomic E-state index is 12.2. The molecule has 1 heterocycles. The standard InChI is InChI=1S/C13H14N2O2/c16-13(9-5-7-10(14-17)8-6-9)15-11-3-1-2-4-12(11)15/h5-8,11-12H,1-4H2. The number of carbonyl (C=O) groups is 1. The van der Waals surface area contributed by atoms with Crippen LogP contribution < -0.4 is 0 Å². The van der Waals surface area contributed by atoms with Gasteiger partial charge < -0.3 is 4.90 Å².